The number of dihydropyridines is 1. The van der Waals surface area contributed by atoms with Crippen LogP contribution in [0.15, 0.2) is 84.1 Å². The Kier molecular flexibility index (Phi) is 5.86. The Bertz CT molecular complexity index is 1380. The number of hydrogen-bond donors (Lipinski definition) is 3. The van der Waals surface area contributed by atoms with Crippen molar-refractivity contribution in [3.05, 3.63) is 113 Å². The fraction of sp³-hybridized carbons (Fsp3) is 0.148. The summed E-state index contributed by atoms with van der Waals surface area (Å²) in [5.74, 6) is -0.226. The minimum absolute atomic E-state index is 0.124. The molecule has 2 aliphatic heterocycles. The van der Waals surface area contributed by atoms with Crippen LogP contribution in [0.4, 0.5) is 14.5 Å². The molecule has 0 radical (unpaired) electrons. The molecule has 1 aromatic heterocycles. The number of rotatable bonds is 6. The second-order valence-electron chi connectivity index (χ2n) is 8.38. The number of pyridine rings is 1. The number of benzene rings is 2. The van der Waals surface area contributed by atoms with E-state index in [0.717, 1.165) is 57.5 Å². The molecule has 6 nitrogen and oxygen atoms in total. The van der Waals surface area contributed by atoms with Gasteiger partial charge in [-0.2, -0.15) is 0 Å². The van der Waals surface area contributed by atoms with E-state index in [-0.39, 0.29) is 5.56 Å². The molecule has 0 atom stereocenters. The van der Waals surface area contributed by atoms with E-state index in [1.807, 2.05) is 61.6 Å². The van der Waals surface area contributed by atoms with E-state index in [4.69, 9.17) is 4.74 Å². The van der Waals surface area contributed by atoms with Crippen LogP contribution in [0.1, 0.15) is 16.8 Å². The molecule has 0 amide bonds. The first kappa shape index (κ1) is 22.5. The first-order chi connectivity index (χ1) is 16.9. The SMILES string of the molecule is COc1ccc(CN2NC=C3NC=CC(Nc4cc(-c5cc(F)ccc5F)nc(C)c4C)=C32)cc1. The summed E-state index contributed by atoms with van der Waals surface area (Å²) >= 11 is 0. The average molecular weight is 474 g/mol. The predicted molar refractivity (Wildman–Crippen MR) is 132 cm³/mol. The number of aromatic nitrogens is 1. The molecule has 5 rings (SSSR count). The second kappa shape index (κ2) is 9.13. The lowest BCUT2D eigenvalue weighted by Gasteiger charge is -2.27. The van der Waals surface area contributed by atoms with Crippen LogP contribution in [0.2, 0.25) is 0 Å². The third-order valence-corrected chi connectivity index (χ3v) is 6.12. The molecule has 0 spiro atoms. The van der Waals surface area contributed by atoms with Crippen LogP contribution in [0.25, 0.3) is 11.3 Å². The zero-order valence-electron chi connectivity index (χ0n) is 19.6. The lowest BCUT2D eigenvalue weighted by Crippen LogP contribution is -2.31. The van der Waals surface area contributed by atoms with Gasteiger partial charge in [0.2, 0.25) is 0 Å². The zero-order valence-corrected chi connectivity index (χ0v) is 19.6. The standard InChI is InChI=1S/C27H25F2N5O/c1-16-17(2)32-25(21-12-19(28)6-9-22(21)29)13-24(16)33-23-10-11-30-26-14-31-34(27(23)26)15-18-4-7-20(35-3)8-5-18/h4-14,30-31H,15H2,1-3H3,(H,32,33). The smallest absolute Gasteiger partial charge is 0.132 e. The molecule has 3 N–H and O–H groups in total. The second-order valence-corrected chi connectivity index (χ2v) is 8.38. The van der Waals surface area contributed by atoms with Crippen LogP contribution >= 0.6 is 0 Å². The van der Waals surface area contributed by atoms with Crippen LogP contribution < -0.4 is 20.8 Å². The van der Waals surface area contributed by atoms with Gasteiger partial charge in [0.25, 0.3) is 0 Å². The zero-order chi connectivity index (χ0) is 24.5. The molecule has 0 fully saturated rings. The van der Waals surface area contributed by atoms with Crippen molar-refractivity contribution in [3.8, 4) is 17.0 Å². The highest BCUT2D eigenvalue weighted by Crippen LogP contribution is 2.32. The van der Waals surface area contributed by atoms with Gasteiger partial charge in [-0.3, -0.25) is 9.99 Å². The van der Waals surface area contributed by atoms with Crippen LogP contribution in [-0.4, -0.2) is 17.1 Å². The van der Waals surface area contributed by atoms with E-state index in [9.17, 15) is 8.78 Å². The Labute approximate surface area is 202 Å². The quantitative estimate of drug-likeness (QED) is 0.454. The predicted octanol–water partition coefficient (Wildman–Crippen LogP) is 5.25. The number of methoxy groups -OCH3 is 1. The minimum atomic E-state index is -0.521. The topological polar surface area (TPSA) is 61.5 Å². The monoisotopic (exact) mass is 473 g/mol. The highest BCUT2D eigenvalue weighted by Gasteiger charge is 2.26. The Morgan fingerprint density at radius 1 is 1.06 bits per heavy atom. The van der Waals surface area contributed by atoms with Gasteiger partial charge in [0, 0.05) is 29.3 Å². The highest BCUT2D eigenvalue weighted by atomic mass is 19.1. The fourth-order valence-corrected chi connectivity index (χ4v) is 4.10. The van der Waals surface area contributed by atoms with Crippen molar-refractivity contribution in [2.45, 2.75) is 20.4 Å². The number of ether oxygens (including phenoxy) is 1. The molecule has 0 unspecified atom stereocenters. The molecular weight excluding hydrogens is 448 g/mol. The number of nitrogens with one attached hydrogen (secondary N) is 3. The van der Waals surface area contributed by atoms with Crippen molar-refractivity contribution >= 4 is 5.69 Å². The van der Waals surface area contributed by atoms with Crippen LogP contribution in [0, 0.1) is 25.5 Å². The Balaban J connectivity index is 1.49. The van der Waals surface area contributed by atoms with Crippen LogP contribution in [0.3, 0.4) is 0 Å². The number of fused-ring (bicyclic) bond motifs is 1. The molecule has 0 saturated heterocycles. The molecule has 2 aliphatic rings. The van der Waals surface area contributed by atoms with Crippen molar-refractivity contribution < 1.29 is 13.5 Å². The van der Waals surface area contributed by atoms with Gasteiger partial charge in [-0.05, 0) is 67.4 Å². The van der Waals surface area contributed by atoms with E-state index in [2.05, 4.69) is 21.0 Å². The molecule has 2 aromatic carbocycles. The Morgan fingerprint density at radius 2 is 1.86 bits per heavy atom. The van der Waals surface area contributed by atoms with E-state index in [1.165, 1.54) is 6.07 Å². The fourth-order valence-electron chi connectivity index (χ4n) is 4.10. The molecule has 178 valence electrons. The van der Waals surface area contributed by atoms with Gasteiger partial charge in [0.15, 0.2) is 0 Å². The van der Waals surface area contributed by atoms with Crippen molar-refractivity contribution in [1.82, 2.24) is 20.7 Å². The van der Waals surface area contributed by atoms with Crippen molar-refractivity contribution in [1.29, 1.82) is 0 Å². The largest absolute Gasteiger partial charge is 0.497 e. The maximum absolute atomic E-state index is 14.5. The maximum Gasteiger partial charge on any atom is 0.132 e. The molecule has 0 aliphatic carbocycles. The number of allylic oxidation sites excluding steroid dienone is 1. The van der Waals surface area contributed by atoms with Gasteiger partial charge in [-0.25, -0.2) is 8.78 Å². The van der Waals surface area contributed by atoms with Crippen molar-refractivity contribution in [2.75, 3.05) is 12.4 Å². The van der Waals surface area contributed by atoms with Gasteiger partial charge >= 0.3 is 0 Å². The Morgan fingerprint density at radius 3 is 2.63 bits per heavy atom. The summed E-state index contributed by atoms with van der Waals surface area (Å²) in [4.78, 5) is 4.51. The number of hydrazine groups is 1. The molecule has 0 bridgehead atoms. The molecule has 3 aromatic rings. The van der Waals surface area contributed by atoms with Gasteiger partial charge in [0.1, 0.15) is 23.1 Å². The van der Waals surface area contributed by atoms with E-state index >= 15 is 0 Å². The lowest BCUT2D eigenvalue weighted by molar-refractivity contribution is 0.300. The highest BCUT2D eigenvalue weighted by molar-refractivity contribution is 5.70. The normalized spacial score (nSPS) is 14.3. The summed E-state index contributed by atoms with van der Waals surface area (Å²) in [6.45, 7) is 4.43. The molecule has 3 heterocycles. The third-order valence-electron chi connectivity index (χ3n) is 6.12. The van der Waals surface area contributed by atoms with E-state index in [1.54, 1.807) is 13.2 Å². The molecular formula is C27H25F2N5O. The van der Waals surface area contributed by atoms with E-state index < -0.39 is 11.6 Å². The number of hydrogen-bond acceptors (Lipinski definition) is 6. The van der Waals surface area contributed by atoms with Gasteiger partial charge in [-0.1, -0.05) is 12.1 Å². The van der Waals surface area contributed by atoms with Gasteiger partial charge in [0.05, 0.1) is 30.7 Å². The Hall–Kier alpha value is -4.33. The van der Waals surface area contributed by atoms with Gasteiger partial charge in [-0.15, -0.1) is 0 Å². The minimum Gasteiger partial charge on any atom is -0.497 e. The molecule has 35 heavy (non-hydrogen) atoms. The van der Waals surface area contributed by atoms with Crippen LogP contribution in [-0.2, 0) is 6.54 Å². The molecule has 0 saturated carbocycles. The first-order valence-corrected chi connectivity index (χ1v) is 11.2. The van der Waals surface area contributed by atoms with Crippen molar-refractivity contribution in [2.24, 2.45) is 0 Å². The van der Waals surface area contributed by atoms with E-state index in [0.29, 0.717) is 12.2 Å². The average Bonchev–Trinajstić information content (AvgIpc) is 3.27. The van der Waals surface area contributed by atoms with Crippen LogP contribution in [0.5, 0.6) is 5.75 Å². The summed E-state index contributed by atoms with van der Waals surface area (Å²) in [6, 6.07) is 13.1. The summed E-state index contributed by atoms with van der Waals surface area (Å²) in [7, 11) is 1.65. The summed E-state index contributed by atoms with van der Waals surface area (Å²) in [5, 5.41) is 8.79. The lowest BCUT2D eigenvalue weighted by atomic mass is 10.1. The third kappa shape index (κ3) is 4.42. The van der Waals surface area contributed by atoms with Crippen molar-refractivity contribution in [3.63, 3.8) is 0 Å². The molecule has 8 heteroatoms. The first-order valence-electron chi connectivity index (χ1n) is 11.2. The number of halogens is 2. The number of nitrogens with zero attached hydrogens (tertiary/aromatic N) is 2. The number of anilines is 1. The number of aryl methyl sites for hydroxylation is 1. The van der Waals surface area contributed by atoms with Gasteiger partial charge < -0.3 is 20.8 Å². The summed E-state index contributed by atoms with van der Waals surface area (Å²) in [6.07, 6.45) is 5.70. The summed E-state index contributed by atoms with van der Waals surface area (Å²) < 4.78 is 33.6. The summed E-state index contributed by atoms with van der Waals surface area (Å²) in [5.41, 5.74) is 10.0. The maximum atomic E-state index is 14.5.